The van der Waals surface area contributed by atoms with Gasteiger partial charge in [-0.15, -0.1) is 11.3 Å². The van der Waals surface area contributed by atoms with Gasteiger partial charge in [-0.3, -0.25) is 0 Å². The van der Waals surface area contributed by atoms with Crippen LogP contribution in [0.1, 0.15) is 31.0 Å². The van der Waals surface area contributed by atoms with Crippen molar-refractivity contribution in [1.82, 2.24) is 25.1 Å². The largest absolute Gasteiger partial charge is 0.349 e. The van der Waals surface area contributed by atoms with E-state index in [0.29, 0.717) is 6.04 Å². The molecule has 0 spiro atoms. The summed E-state index contributed by atoms with van der Waals surface area (Å²) in [7, 11) is 0. The van der Waals surface area contributed by atoms with Crippen molar-refractivity contribution in [3.05, 3.63) is 23.2 Å². The summed E-state index contributed by atoms with van der Waals surface area (Å²) in [5.41, 5.74) is 0. The van der Waals surface area contributed by atoms with Gasteiger partial charge in [0.15, 0.2) is 5.13 Å². The van der Waals surface area contributed by atoms with Crippen molar-refractivity contribution in [1.29, 1.82) is 0 Å². The van der Waals surface area contributed by atoms with Crippen LogP contribution < -0.4 is 10.2 Å². The van der Waals surface area contributed by atoms with Crippen LogP contribution in [0.2, 0.25) is 0 Å². The Bertz CT molecular complexity index is 574. The highest BCUT2D eigenvalue weighted by molar-refractivity contribution is 7.15. The van der Waals surface area contributed by atoms with Gasteiger partial charge in [0.2, 0.25) is 0 Å². The van der Waals surface area contributed by atoms with Crippen LogP contribution in [0.5, 0.6) is 0 Å². The average Bonchev–Trinajstić information content (AvgIpc) is 3.15. The molecular weight excluding hydrogens is 284 g/mol. The Kier molecular flexibility index (Phi) is 4.50. The molecule has 2 aromatic heterocycles. The van der Waals surface area contributed by atoms with Crippen molar-refractivity contribution in [3.63, 3.8) is 0 Å². The molecule has 0 aliphatic carbocycles. The fourth-order valence-corrected chi connectivity index (χ4v) is 3.66. The maximum atomic E-state index is 4.53. The van der Waals surface area contributed by atoms with Gasteiger partial charge < -0.3 is 10.2 Å². The van der Waals surface area contributed by atoms with Gasteiger partial charge in [-0.1, -0.05) is 0 Å². The summed E-state index contributed by atoms with van der Waals surface area (Å²) in [6.45, 7) is 8.15. The number of aromatic nitrogens is 4. The number of thiazole rings is 1. The second-order valence-electron chi connectivity index (χ2n) is 5.26. The molecule has 0 aromatic carbocycles. The van der Waals surface area contributed by atoms with Crippen LogP contribution in [0.4, 0.5) is 5.13 Å². The lowest BCUT2D eigenvalue weighted by Gasteiger charge is -2.23. The Morgan fingerprint density at radius 1 is 1.38 bits per heavy atom. The number of hydrogen-bond acceptors (Lipinski definition) is 6. The molecule has 7 heteroatoms. The van der Waals surface area contributed by atoms with E-state index in [4.69, 9.17) is 0 Å². The van der Waals surface area contributed by atoms with Gasteiger partial charge in [-0.05, 0) is 20.3 Å². The first-order chi connectivity index (χ1) is 10.3. The van der Waals surface area contributed by atoms with Gasteiger partial charge in [0, 0.05) is 43.2 Å². The van der Waals surface area contributed by atoms with E-state index in [1.165, 1.54) is 4.88 Å². The molecule has 114 valence electrons. The highest BCUT2D eigenvalue weighted by atomic mass is 32.1. The number of nitrogens with one attached hydrogen (secondary N) is 1. The third-order valence-electron chi connectivity index (χ3n) is 3.95. The fraction of sp³-hybridized carbons (Fsp3) is 0.643. The summed E-state index contributed by atoms with van der Waals surface area (Å²) in [6.07, 6.45) is 5.78. The smallest absolute Gasteiger partial charge is 0.185 e. The Balaban J connectivity index is 1.54. The maximum Gasteiger partial charge on any atom is 0.185 e. The summed E-state index contributed by atoms with van der Waals surface area (Å²) in [4.78, 5) is 12.4. The first-order valence-electron chi connectivity index (χ1n) is 7.59. The molecule has 1 aliphatic heterocycles. The lowest BCUT2D eigenvalue weighted by atomic mass is 10.1. The second-order valence-corrected chi connectivity index (χ2v) is 6.35. The van der Waals surface area contributed by atoms with Crippen LogP contribution in [-0.4, -0.2) is 38.9 Å². The van der Waals surface area contributed by atoms with E-state index in [9.17, 15) is 0 Å². The predicted octanol–water partition coefficient (Wildman–Crippen LogP) is 1.69. The first kappa shape index (κ1) is 14.5. The molecule has 0 fully saturated rings. The zero-order chi connectivity index (χ0) is 14.7. The molecule has 21 heavy (non-hydrogen) atoms. The van der Waals surface area contributed by atoms with Gasteiger partial charge >= 0.3 is 0 Å². The number of aryl methyl sites for hydroxylation is 1. The summed E-state index contributed by atoms with van der Waals surface area (Å²) >= 11 is 1.78. The first-order valence-corrected chi connectivity index (χ1v) is 8.41. The van der Waals surface area contributed by atoms with Crippen LogP contribution in [0.25, 0.3) is 0 Å². The van der Waals surface area contributed by atoms with Crippen molar-refractivity contribution < 1.29 is 0 Å². The van der Waals surface area contributed by atoms with Crippen molar-refractivity contribution in [2.24, 2.45) is 0 Å². The number of hydrogen-bond donors (Lipinski definition) is 1. The zero-order valence-electron chi connectivity index (χ0n) is 12.6. The van der Waals surface area contributed by atoms with Crippen LogP contribution in [0.3, 0.4) is 0 Å². The minimum absolute atomic E-state index is 0.471. The van der Waals surface area contributed by atoms with Gasteiger partial charge in [0.1, 0.15) is 12.2 Å². The van der Waals surface area contributed by atoms with Gasteiger partial charge in [0.05, 0.1) is 6.54 Å². The summed E-state index contributed by atoms with van der Waals surface area (Å²) in [6, 6.07) is 0.471. The quantitative estimate of drug-likeness (QED) is 0.880. The van der Waals surface area contributed by atoms with Crippen LogP contribution in [0, 0.1) is 0 Å². The monoisotopic (exact) mass is 306 g/mol. The van der Waals surface area contributed by atoms with Crippen LogP contribution in [-0.2, 0) is 19.5 Å². The normalized spacial score (nSPS) is 17.7. The van der Waals surface area contributed by atoms with E-state index in [-0.39, 0.29) is 0 Å². The van der Waals surface area contributed by atoms with Crippen molar-refractivity contribution in [3.8, 4) is 0 Å². The van der Waals surface area contributed by atoms with Crippen molar-refractivity contribution in [2.75, 3.05) is 18.0 Å². The third-order valence-corrected chi connectivity index (χ3v) is 5.00. The lowest BCUT2D eigenvalue weighted by molar-refractivity contribution is 0.359. The number of nitrogens with zero attached hydrogens (tertiary/aromatic N) is 5. The molecule has 0 saturated heterocycles. The summed E-state index contributed by atoms with van der Waals surface area (Å²) in [5, 5.41) is 9.00. The zero-order valence-corrected chi connectivity index (χ0v) is 13.4. The summed E-state index contributed by atoms with van der Waals surface area (Å²) in [5.74, 6) is 1.11. The van der Waals surface area contributed by atoms with Crippen molar-refractivity contribution >= 4 is 16.5 Å². The van der Waals surface area contributed by atoms with E-state index in [1.54, 1.807) is 17.7 Å². The van der Waals surface area contributed by atoms with Crippen LogP contribution >= 0.6 is 11.3 Å². The number of fused-ring (bicyclic) bond motifs is 1. The Labute approximate surface area is 129 Å². The molecule has 2 aromatic rings. The second kappa shape index (κ2) is 6.53. The van der Waals surface area contributed by atoms with E-state index in [2.05, 4.69) is 39.1 Å². The molecule has 0 bridgehead atoms. The minimum Gasteiger partial charge on any atom is -0.349 e. The van der Waals surface area contributed by atoms with E-state index in [1.807, 2.05) is 10.9 Å². The predicted molar refractivity (Wildman–Crippen MR) is 84.6 cm³/mol. The Morgan fingerprint density at radius 3 is 3.05 bits per heavy atom. The highest BCUT2D eigenvalue weighted by Crippen LogP contribution is 2.22. The van der Waals surface area contributed by atoms with E-state index < -0.39 is 0 Å². The topological polar surface area (TPSA) is 58.9 Å². The fourth-order valence-electron chi connectivity index (χ4n) is 2.67. The van der Waals surface area contributed by atoms with Crippen LogP contribution in [0.15, 0.2) is 12.5 Å². The lowest BCUT2D eigenvalue weighted by Crippen LogP contribution is -2.37. The molecule has 1 atom stereocenters. The molecule has 3 rings (SSSR count). The molecule has 1 aliphatic rings. The third kappa shape index (κ3) is 3.24. The molecule has 1 N–H and O–H groups in total. The number of rotatable bonds is 6. The molecule has 0 radical (unpaired) electrons. The van der Waals surface area contributed by atoms with Gasteiger partial charge in [-0.25, -0.2) is 14.6 Å². The highest BCUT2D eigenvalue weighted by Gasteiger charge is 2.19. The minimum atomic E-state index is 0.471. The molecule has 0 unspecified atom stereocenters. The average molecular weight is 306 g/mol. The molecule has 3 heterocycles. The Hall–Kier alpha value is -1.47. The van der Waals surface area contributed by atoms with E-state index >= 15 is 0 Å². The molecular formula is C14H22N6S. The van der Waals surface area contributed by atoms with Crippen molar-refractivity contribution in [2.45, 2.75) is 45.8 Å². The SMILES string of the molecule is CCN(CC)c1ncc(CN[C@@H]2CCc3ncnn3C2)s1. The number of anilines is 1. The molecule has 0 amide bonds. The summed E-state index contributed by atoms with van der Waals surface area (Å²) < 4.78 is 2.01. The standard InChI is InChI=1S/C14H22N6S/c1-3-19(4-2)14-16-8-12(21-14)7-15-11-5-6-13-17-10-18-20(13)9-11/h8,10-11,15H,3-7,9H2,1-2H3/t11-/m1/s1. The molecule has 0 saturated carbocycles. The van der Waals surface area contributed by atoms with Gasteiger partial charge in [0.25, 0.3) is 0 Å². The Morgan fingerprint density at radius 2 is 2.24 bits per heavy atom. The van der Waals surface area contributed by atoms with Gasteiger partial charge in [-0.2, -0.15) is 5.10 Å². The maximum absolute atomic E-state index is 4.53. The molecule has 6 nitrogen and oxygen atoms in total. The van der Waals surface area contributed by atoms with E-state index in [0.717, 1.165) is 50.0 Å².